The van der Waals surface area contributed by atoms with Crippen molar-refractivity contribution in [3.63, 3.8) is 0 Å². The Bertz CT molecular complexity index is 1430. The molecule has 5 heteroatoms. The molecule has 150 valence electrons. The number of pyridine rings is 1. The van der Waals surface area contributed by atoms with Crippen LogP contribution in [0.2, 0.25) is 0 Å². The van der Waals surface area contributed by atoms with E-state index in [1.54, 1.807) is 0 Å². The molecule has 0 spiro atoms. The molecule has 2 aliphatic carbocycles. The Kier molecular flexibility index (Phi) is 3.81. The molecule has 31 heavy (non-hydrogen) atoms. The molecule has 2 aromatic heterocycles. The minimum absolute atomic E-state index is 0.0964. The molecule has 2 aliphatic rings. The molecule has 0 unspecified atom stereocenters. The van der Waals surface area contributed by atoms with Crippen LogP contribution in [0.15, 0.2) is 60.8 Å². The fourth-order valence-corrected chi connectivity index (χ4v) is 4.94. The van der Waals surface area contributed by atoms with E-state index in [4.69, 9.17) is 0 Å². The Balaban J connectivity index is 1.66. The van der Waals surface area contributed by atoms with Gasteiger partial charge in [0.1, 0.15) is 5.69 Å². The standard InChI is InChI=1S/C26H18N2O3/c29-20-12-6-10-18-23(20)21-17(13-27-18)25(30)22-16-9-4-5-11-19(16)28(24(22)26(21)31)14-15-7-2-1-3-8-15/h1-5,7-9,11,13H,6,10,12,14H2. The fraction of sp³-hybridized carbons (Fsp3) is 0.154. The topological polar surface area (TPSA) is 69.0 Å². The molecule has 0 fully saturated rings. The maximum absolute atomic E-state index is 13.9. The quantitative estimate of drug-likeness (QED) is 0.436. The highest BCUT2D eigenvalue weighted by molar-refractivity contribution is 6.34. The van der Waals surface area contributed by atoms with Crippen molar-refractivity contribution in [3.8, 4) is 0 Å². The first kappa shape index (κ1) is 18.0. The summed E-state index contributed by atoms with van der Waals surface area (Å²) in [7, 11) is 0. The van der Waals surface area contributed by atoms with Gasteiger partial charge in [0.05, 0.1) is 22.4 Å². The van der Waals surface area contributed by atoms with Crippen LogP contribution in [-0.4, -0.2) is 26.9 Å². The minimum Gasteiger partial charge on any atom is -0.333 e. The maximum Gasteiger partial charge on any atom is 0.211 e. The van der Waals surface area contributed by atoms with E-state index in [1.807, 2.05) is 59.2 Å². The van der Waals surface area contributed by atoms with E-state index in [1.165, 1.54) is 6.20 Å². The van der Waals surface area contributed by atoms with Gasteiger partial charge in [-0.1, -0.05) is 48.5 Å². The van der Waals surface area contributed by atoms with Crippen LogP contribution in [0.25, 0.3) is 10.9 Å². The third kappa shape index (κ3) is 2.49. The molecular weight excluding hydrogens is 388 g/mol. The molecule has 6 rings (SSSR count). The highest BCUT2D eigenvalue weighted by Gasteiger charge is 2.39. The number of ketones is 3. The molecule has 5 nitrogen and oxygen atoms in total. The lowest BCUT2D eigenvalue weighted by Gasteiger charge is -2.23. The van der Waals surface area contributed by atoms with Crippen LogP contribution >= 0.6 is 0 Å². The van der Waals surface area contributed by atoms with Gasteiger partial charge in [-0.05, 0) is 24.5 Å². The number of aromatic nitrogens is 2. The highest BCUT2D eigenvalue weighted by Crippen LogP contribution is 2.38. The second-order valence-corrected chi connectivity index (χ2v) is 8.12. The number of benzene rings is 2. The van der Waals surface area contributed by atoms with Crippen molar-refractivity contribution in [2.24, 2.45) is 0 Å². The van der Waals surface area contributed by atoms with Gasteiger partial charge < -0.3 is 4.57 Å². The Morgan fingerprint density at radius 1 is 0.806 bits per heavy atom. The van der Waals surface area contributed by atoms with E-state index in [0.717, 1.165) is 22.9 Å². The van der Waals surface area contributed by atoms with Gasteiger partial charge in [-0.25, -0.2) is 0 Å². The lowest BCUT2D eigenvalue weighted by atomic mass is 9.81. The third-order valence-electron chi connectivity index (χ3n) is 6.32. The summed E-state index contributed by atoms with van der Waals surface area (Å²) in [6.07, 6.45) is 3.24. The molecule has 4 aromatic rings. The van der Waals surface area contributed by atoms with Crippen molar-refractivity contribution in [3.05, 3.63) is 100.0 Å². The molecule has 0 saturated carbocycles. The molecule has 0 atom stereocenters. The molecule has 2 aromatic carbocycles. The molecule has 2 heterocycles. The lowest BCUT2D eigenvalue weighted by molar-refractivity contribution is 0.0945. The first-order valence-electron chi connectivity index (χ1n) is 10.4. The van der Waals surface area contributed by atoms with E-state index >= 15 is 0 Å². The van der Waals surface area contributed by atoms with E-state index in [0.29, 0.717) is 41.9 Å². The summed E-state index contributed by atoms with van der Waals surface area (Å²) in [5, 5.41) is 0.751. The summed E-state index contributed by atoms with van der Waals surface area (Å²) in [6.45, 7) is 0.465. The normalized spacial score (nSPS) is 15.0. The van der Waals surface area contributed by atoms with Gasteiger partial charge in [0.25, 0.3) is 0 Å². The van der Waals surface area contributed by atoms with E-state index in [9.17, 15) is 14.4 Å². The number of aryl methyl sites for hydroxylation is 1. The number of nitrogens with zero attached hydrogens (tertiary/aromatic N) is 2. The maximum atomic E-state index is 13.9. The molecule has 0 radical (unpaired) electrons. The van der Waals surface area contributed by atoms with Crippen LogP contribution in [0, 0.1) is 0 Å². The number of hydrogen-bond acceptors (Lipinski definition) is 4. The Morgan fingerprint density at radius 3 is 2.42 bits per heavy atom. The monoisotopic (exact) mass is 406 g/mol. The second-order valence-electron chi connectivity index (χ2n) is 8.12. The summed E-state index contributed by atoms with van der Waals surface area (Å²) in [5.41, 5.74) is 4.11. The van der Waals surface area contributed by atoms with Crippen LogP contribution in [0.5, 0.6) is 0 Å². The van der Waals surface area contributed by atoms with Crippen LogP contribution in [0.1, 0.15) is 66.4 Å². The van der Waals surface area contributed by atoms with Crippen molar-refractivity contribution in [2.75, 3.05) is 0 Å². The van der Waals surface area contributed by atoms with Gasteiger partial charge in [-0.2, -0.15) is 0 Å². The zero-order chi connectivity index (χ0) is 21.1. The smallest absolute Gasteiger partial charge is 0.211 e. The van der Waals surface area contributed by atoms with Gasteiger partial charge in [0.15, 0.2) is 11.6 Å². The van der Waals surface area contributed by atoms with Gasteiger partial charge in [-0.15, -0.1) is 0 Å². The van der Waals surface area contributed by atoms with Crippen LogP contribution in [0.4, 0.5) is 0 Å². The molecular formula is C26H18N2O3. The number of fused-ring (bicyclic) bond motifs is 6. The summed E-state index contributed by atoms with van der Waals surface area (Å²) < 4.78 is 1.92. The Hall–Kier alpha value is -3.86. The first-order valence-corrected chi connectivity index (χ1v) is 10.4. The minimum atomic E-state index is -0.259. The Morgan fingerprint density at radius 2 is 1.58 bits per heavy atom. The molecule has 0 saturated heterocycles. The SMILES string of the molecule is O=C1CCCc2ncc3c(c21)C(=O)c1c(c2ccccc2n1Cc1ccccc1)C3=O. The van der Waals surface area contributed by atoms with E-state index in [-0.39, 0.29) is 28.5 Å². The largest absolute Gasteiger partial charge is 0.333 e. The molecule has 0 bridgehead atoms. The van der Waals surface area contributed by atoms with Crippen molar-refractivity contribution < 1.29 is 14.4 Å². The summed E-state index contributed by atoms with van der Waals surface area (Å²) in [6, 6.07) is 17.4. The zero-order valence-electron chi connectivity index (χ0n) is 16.7. The molecule has 0 aliphatic heterocycles. The zero-order valence-corrected chi connectivity index (χ0v) is 16.7. The predicted octanol–water partition coefficient (Wildman–Crippen LogP) is 4.38. The number of para-hydroxylation sites is 1. The number of hydrogen-bond donors (Lipinski definition) is 0. The highest BCUT2D eigenvalue weighted by atomic mass is 16.1. The summed E-state index contributed by atoms with van der Waals surface area (Å²) >= 11 is 0. The average Bonchev–Trinajstić information content (AvgIpc) is 3.12. The van der Waals surface area contributed by atoms with Crippen molar-refractivity contribution in [2.45, 2.75) is 25.8 Å². The first-order chi connectivity index (χ1) is 15.1. The van der Waals surface area contributed by atoms with E-state index in [2.05, 4.69) is 4.98 Å². The number of carbonyl (C=O) groups is 3. The molecule has 0 amide bonds. The van der Waals surface area contributed by atoms with Crippen LogP contribution < -0.4 is 0 Å². The van der Waals surface area contributed by atoms with Gasteiger partial charge in [0, 0.05) is 35.6 Å². The average molecular weight is 406 g/mol. The summed E-state index contributed by atoms with van der Waals surface area (Å²) in [5.74, 6) is -0.590. The van der Waals surface area contributed by atoms with Crippen molar-refractivity contribution in [1.29, 1.82) is 0 Å². The van der Waals surface area contributed by atoms with Crippen molar-refractivity contribution >= 4 is 28.3 Å². The molecule has 0 N–H and O–H groups in total. The number of Topliss-reactive ketones (excluding diaryl/α,β-unsaturated/α-hetero) is 1. The second kappa shape index (κ2) is 6.57. The van der Waals surface area contributed by atoms with E-state index < -0.39 is 0 Å². The number of rotatable bonds is 2. The number of carbonyl (C=O) groups excluding carboxylic acids is 3. The fourth-order valence-electron chi connectivity index (χ4n) is 4.94. The van der Waals surface area contributed by atoms with Crippen LogP contribution in [-0.2, 0) is 13.0 Å². The Labute approximate surface area is 178 Å². The lowest BCUT2D eigenvalue weighted by Crippen LogP contribution is -2.28. The third-order valence-corrected chi connectivity index (χ3v) is 6.32. The van der Waals surface area contributed by atoms with Crippen molar-refractivity contribution in [1.82, 2.24) is 9.55 Å². The van der Waals surface area contributed by atoms with Gasteiger partial charge in [-0.3, -0.25) is 19.4 Å². The summed E-state index contributed by atoms with van der Waals surface area (Å²) in [4.78, 5) is 44.7. The van der Waals surface area contributed by atoms with Crippen LogP contribution in [0.3, 0.4) is 0 Å². The van der Waals surface area contributed by atoms with Gasteiger partial charge >= 0.3 is 0 Å². The predicted molar refractivity (Wildman–Crippen MR) is 116 cm³/mol. The van der Waals surface area contributed by atoms with Gasteiger partial charge in [0.2, 0.25) is 5.78 Å².